The van der Waals surface area contributed by atoms with Crippen LogP contribution in [-0.4, -0.2) is 17.4 Å². The second-order valence-corrected chi connectivity index (χ2v) is 3.96. The molecular weight excluding hydrogens is 219 g/mol. The lowest BCUT2D eigenvalue weighted by Gasteiger charge is -2.07. The monoisotopic (exact) mass is 230 g/mol. The van der Waals surface area contributed by atoms with E-state index in [0.29, 0.717) is 12.5 Å². The first-order chi connectivity index (χ1) is 7.00. The predicted molar refractivity (Wildman–Crippen MR) is 56.4 cm³/mol. The topological polar surface area (TPSA) is 42.0 Å². The van der Waals surface area contributed by atoms with Crippen LogP contribution >= 0.6 is 11.6 Å². The summed E-state index contributed by atoms with van der Waals surface area (Å²) in [5.74, 6) is -0.681. The van der Waals surface area contributed by atoms with Crippen molar-refractivity contribution in [2.24, 2.45) is 5.92 Å². The largest absolute Gasteiger partial charge is 0.352 e. The highest BCUT2D eigenvalue weighted by atomic mass is 35.5. The Morgan fingerprint density at radius 1 is 1.67 bits per heavy atom. The Morgan fingerprint density at radius 3 is 2.87 bits per heavy atom. The summed E-state index contributed by atoms with van der Waals surface area (Å²) in [7, 11) is 0. The van der Waals surface area contributed by atoms with Crippen LogP contribution in [0.1, 0.15) is 24.2 Å². The summed E-state index contributed by atoms with van der Waals surface area (Å²) >= 11 is 5.40. The first-order valence-electron chi connectivity index (χ1n) is 4.60. The molecule has 0 unspecified atom stereocenters. The van der Waals surface area contributed by atoms with E-state index in [1.807, 2.05) is 13.8 Å². The Balaban J connectivity index is 2.70. The minimum absolute atomic E-state index is 0.178. The van der Waals surface area contributed by atoms with Crippen LogP contribution in [0.15, 0.2) is 12.3 Å². The Hall–Kier alpha value is -1.16. The number of rotatable bonds is 3. The molecule has 82 valence electrons. The molecule has 0 aliphatic rings. The molecule has 0 aliphatic carbocycles. The summed E-state index contributed by atoms with van der Waals surface area (Å²) in [6.07, 6.45) is 1.25. The third-order valence-corrected chi connectivity index (χ3v) is 2.01. The second kappa shape index (κ2) is 5.07. The van der Waals surface area contributed by atoms with Crippen LogP contribution in [0.5, 0.6) is 0 Å². The first kappa shape index (κ1) is 11.9. The maximum Gasteiger partial charge on any atom is 0.252 e. The average Bonchev–Trinajstić information content (AvgIpc) is 2.18. The zero-order valence-electron chi connectivity index (χ0n) is 8.55. The van der Waals surface area contributed by atoms with E-state index in [-0.39, 0.29) is 16.6 Å². The molecule has 1 rings (SSSR count). The van der Waals surface area contributed by atoms with Gasteiger partial charge in [-0.1, -0.05) is 25.4 Å². The molecule has 0 radical (unpaired) electrons. The van der Waals surface area contributed by atoms with Crippen LogP contribution in [0.25, 0.3) is 0 Å². The van der Waals surface area contributed by atoms with Crippen molar-refractivity contribution in [3.63, 3.8) is 0 Å². The van der Waals surface area contributed by atoms with Gasteiger partial charge < -0.3 is 5.32 Å². The minimum atomic E-state index is -0.686. The molecule has 5 heteroatoms. The van der Waals surface area contributed by atoms with Gasteiger partial charge in [-0.2, -0.15) is 0 Å². The fourth-order valence-electron chi connectivity index (χ4n) is 0.944. The standard InChI is InChI=1S/C10H12ClFN2O/c1-6(2)4-14-10(15)7-3-8(12)9(11)13-5-7/h3,5-6H,4H2,1-2H3,(H,14,15). The lowest BCUT2D eigenvalue weighted by molar-refractivity contribution is 0.0948. The number of carbonyl (C=O) groups is 1. The third kappa shape index (κ3) is 3.47. The van der Waals surface area contributed by atoms with Crippen LogP contribution in [0, 0.1) is 11.7 Å². The van der Waals surface area contributed by atoms with Crippen molar-refractivity contribution in [3.8, 4) is 0 Å². The highest BCUT2D eigenvalue weighted by Crippen LogP contribution is 2.11. The summed E-state index contributed by atoms with van der Waals surface area (Å²) in [5, 5.41) is 2.43. The van der Waals surface area contributed by atoms with E-state index in [1.54, 1.807) is 0 Å². The second-order valence-electron chi connectivity index (χ2n) is 3.60. The lowest BCUT2D eigenvalue weighted by Crippen LogP contribution is -2.27. The fraction of sp³-hybridized carbons (Fsp3) is 0.400. The van der Waals surface area contributed by atoms with Crippen LogP contribution in [-0.2, 0) is 0 Å². The average molecular weight is 231 g/mol. The smallest absolute Gasteiger partial charge is 0.252 e. The van der Waals surface area contributed by atoms with Gasteiger partial charge in [0, 0.05) is 12.7 Å². The van der Waals surface area contributed by atoms with Crippen molar-refractivity contribution in [1.82, 2.24) is 10.3 Å². The Bertz CT molecular complexity index is 368. The maximum atomic E-state index is 13.0. The molecule has 0 aromatic carbocycles. The van der Waals surface area contributed by atoms with Gasteiger partial charge in [0.15, 0.2) is 11.0 Å². The molecule has 0 bridgehead atoms. The van der Waals surface area contributed by atoms with Crippen LogP contribution in [0.3, 0.4) is 0 Å². The number of amides is 1. The summed E-state index contributed by atoms with van der Waals surface area (Å²) < 4.78 is 13.0. The van der Waals surface area contributed by atoms with Gasteiger partial charge in [0.05, 0.1) is 5.56 Å². The van der Waals surface area contributed by atoms with Crippen molar-refractivity contribution in [2.45, 2.75) is 13.8 Å². The maximum absolute atomic E-state index is 13.0. The lowest BCUT2D eigenvalue weighted by atomic mass is 10.2. The molecule has 1 N–H and O–H groups in total. The van der Waals surface area contributed by atoms with E-state index in [1.165, 1.54) is 6.20 Å². The summed E-state index contributed by atoms with van der Waals surface area (Å²) in [6.45, 7) is 4.49. The molecule has 1 aromatic rings. The summed E-state index contributed by atoms with van der Waals surface area (Å²) in [6, 6.07) is 1.07. The number of hydrogen-bond acceptors (Lipinski definition) is 2. The van der Waals surface area contributed by atoms with Crippen LogP contribution in [0.4, 0.5) is 4.39 Å². The number of aromatic nitrogens is 1. The molecule has 0 aliphatic heterocycles. The van der Waals surface area contributed by atoms with Gasteiger partial charge in [0.25, 0.3) is 5.91 Å². The predicted octanol–water partition coefficient (Wildman–Crippen LogP) is 2.26. The van der Waals surface area contributed by atoms with E-state index >= 15 is 0 Å². The molecule has 0 saturated carbocycles. The number of hydrogen-bond donors (Lipinski definition) is 1. The van der Waals surface area contributed by atoms with Crippen molar-refractivity contribution in [1.29, 1.82) is 0 Å². The Kier molecular flexibility index (Phi) is 4.03. The van der Waals surface area contributed by atoms with E-state index in [9.17, 15) is 9.18 Å². The highest BCUT2D eigenvalue weighted by Gasteiger charge is 2.09. The van der Waals surface area contributed by atoms with Gasteiger partial charge in [-0.25, -0.2) is 9.37 Å². The van der Waals surface area contributed by atoms with Crippen molar-refractivity contribution in [2.75, 3.05) is 6.54 Å². The zero-order valence-corrected chi connectivity index (χ0v) is 9.31. The number of pyridine rings is 1. The van der Waals surface area contributed by atoms with Crippen molar-refractivity contribution >= 4 is 17.5 Å². The molecule has 0 saturated heterocycles. The van der Waals surface area contributed by atoms with Gasteiger partial charge in [-0.3, -0.25) is 4.79 Å². The Labute approximate surface area is 92.7 Å². The van der Waals surface area contributed by atoms with Crippen molar-refractivity contribution in [3.05, 3.63) is 28.8 Å². The van der Waals surface area contributed by atoms with E-state index < -0.39 is 5.82 Å². The summed E-state index contributed by atoms with van der Waals surface area (Å²) in [5.41, 5.74) is 0.178. The Morgan fingerprint density at radius 2 is 2.33 bits per heavy atom. The molecule has 0 spiro atoms. The van der Waals surface area contributed by atoms with Gasteiger partial charge in [-0.15, -0.1) is 0 Å². The van der Waals surface area contributed by atoms with E-state index in [4.69, 9.17) is 11.6 Å². The fourth-order valence-corrected chi connectivity index (χ4v) is 1.05. The van der Waals surface area contributed by atoms with Gasteiger partial charge >= 0.3 is 0 Å². The third-order valence-electron chi connectivity index (χ3n) is 1.73. The molecule has 0 atom stereocenters. The SMILES string of the molecule is CC(C)CNC(=O)c1cnc(Cl)c(F)c1. The molecule has 1 aromatic heterocycles. The van der Waals surface area contributed by atoms with E-state index in [0.717, 1.165) is 6.07 Å². The first-order valence-corrected chi connectivity index (χ1v) is 4.97. The zero-order chi connectivity index (χ0) is 11.4. The molecule has 15 heavy (non-hydrogen) atoms. The summed E-state index contributed by atoms with van der Waals surface area (Å²) in [4.78, 5) is 15.0. The minimum Gasteiger partial charge on any atom is -0.352 e. The molecule has 1 amide bonds. The number of carbonyl (C=O) groups excluding carboxylic acids is 1. The van der Waals surface area contributed by atoms with Crippen molar-refractivity contribution < 1.29 is 9.18 Å². The molecule has 1 heterocycles. The quantitative estimate of drug-likeness (QED) is 0.810. The van der Waals surface area contributed by atoms with Gasteiger partial charge in [0.2, 0.25) is 0 Å². The number of nitrogens with zero attached hydrogens (tertiary/aromatic N) is 1. The molecule has 0 fully saturated rings. The highest BCUT2D eigenvalue weighted by molar-refractivity contribution is 6.29. The normalized spacial score (nSPS) is 10.5. The molecular formula is C10H12ClFN2O. The number of nitrogens with one attached hydrogen (secondary N) is 1. The van der Waals surface area contributed by atoms with E-state index in [2.05, 4.69) is 10.3 Å². The number of halogens is 2. The van der Waals surface area contributed by atoms with Gasteiger partial charge in [0.1, 0.15) is 0 Å². The van der Waals surface area contributed by atoms with Crippen LogP contribution < -0.4 is 5.32 Å². The van der Waals surface area contributed by atoms with Gasteiger partial charge in [-0.05, 0) is 12.0 Å². The van der Waals surface area contributed by atoms with Crippen LogP contribution in [0.2, 0.25) is 5.15 Å². The molecule has 3 nitrogen and oxygen atoms in total.